The number of carbonyl (C=O) groups excluding carboxylic acids is 1. The van der Waals surface area contributed by atoms with Gasteiger partial charge in [-0.15, -0.1) is 0 Å². The molecule has 0 heterocycles. The van der Waals surface area contributed by atoms with Gasteiger partial charge in [0.1, 0.15) is 18.9 Å². The number of para-hydroxylation sites is 2. The van der Waals surface area contributed by atoms with Gasteiger partial charge in [-0.25, -0.2) is 8.42 Å². The average molecular weight is 493 g/mol. The van der Waals surface area contributed by atoms with Gasteiger partial charge in [0.05, 0.1) is 22.2 Å². The molecule has 32 heavy (non-hydrogen) atoms. The molecule has 168 valence electrons. The second kappa shape index (κ2) is 10.7. The van der Waals surface area contributed by atoms with Gasteiger partial charge < -0.3 is 10.1 Å². The third kappa shape index (κ3) is 5.94. The largest absolute Gasteiger partial charge is 0.490 e. The van der Waals surface area contributed by atoms with E-state index in [1.807, 2.05) is 0 Å². The zero-order valence-electron chi connectivity index (χ0n) is 17.3. The molecule has 0 saturated carbocycles. The van der Waals surface area contributed by atoms with Crippen LogP contribution in [-0.2, 0) is 14.8 Å². The maximum Gasteiger partial charge on any atom is 0.264 e. The molecule has 0 fully saturated rings. The highest BCUT2D eigenvalue weighted by Crippen LogP contribution is 2.27. The third-order valence-electron chi connectivity index (χ3n) is 4.59. The van der Waals surface area contributed by atoms with E-state index in [2.05, 4.69) is 5.32 Å². The molecule has 0 radical (unpaired) electrons. The van der Waals surface area contributed by atoms with E-state index in [0.717, 1.165) is 9.87 Å². The van der Waals surface area contributed by atoms with Gasteiger partial charge in [-0.3, -0.25) is 9.10 Å². The monoisotopic (exact) mass is 492 g/mol. The average Bonchev–Trinajstić information content (AvgIpc) is 2.77. The molecule has 9 heteroatoms. The highest BCUT2D eigenvalue weighted by Gasteiger charge is 2.28. The molecule has 1 amide bonds. The molecule has 1 N–H and O–H groups in total. The van der Waals surface area contributed by atoms with Crippen LogP contribution >= 0.6 is 23.2 Å². The molecule has 0 saturated heterocycles. The van der Waals surface area contributed by atoms with Gasteiger partial charge in [-0.2, -0.15) is 0 Å². The fourth-order valence-electron chi connectivity index (χ4n) is 2.98. The van der Waals surface area contributed by atoms with E-state index in [0.29, 0.717) is 21.5 Å². The van der Waals surface area contributed by atoms with Crippen LogP contribution < -0.4 is 14.4 Å². The van der Waals surface area contributed by atoms with Gasteiger partial charge in [0.15, 0.2) is 0 Å². The topological polar surface area (TPSA) is 75.7 Å². The number of benzene rings is 3. The number of hydrogen-bond donors (Lipinski definition) is 1. The number of carbonyl (C=O) groups is 1. The lowest BCUT2D eigenvalue weighted by Gasteiger charge is -2.25. The Morgan fingerprint density at radius 3 is 2.31 bits per heavy atom. The van der Waals surface area contributed by atoms with E-state index in [-0.39, 0.29) is 24.6 Å². The van der Waals surface area contributed by atoms with Crippen LogP contribution in [0.4, 0.5) is 5.69 Å². The maximum absolute atomic E-state index is 13.3. The molecule has 0 aliphatic heterocycles. The van der Waals surface area contributed by atoms with Crippen molar-refractivity contribution in [1.29, 1.82) is 0 Å². The summed E-state index contributed by atoms with van der Waals surface area (Å²) in [7, 11) is -4.00. The first-order chi connectivity index (χ1) is 15.3. The predicted octanol–water partition coefficient (Wildman–Crippen LogP) is 4.69. The standard InChI is InChI=1S/C23H22Cl2N2O4S/c1-17-6-2-4-8-21(17)27(32(29,30)19-12-10-18(24)11-13-19)16-23(28)26-14-15-31-22-9-5-3-7-20(22)25/h2-13H,14-16H2,1H3,(H,26,28). The van der Waals surface area contributed by atoms with Crippen molar-refractivity contribution >= 4 is 44.8 Å². The Kier molecular flexibility index (Phi) is 8.01. The Morgan fingerprint density at radius 1 is 0.969 bits per heavy atom. The van der Waals surface area contributed by atoms with Crippen molar-refractivity contribution in [2.45, 2.75) is 11.8 Å². The molecule has 0 spiro atoms. The van der Waals surface area contributed by atoms with Crippen molar-refractivity contribution in [3.8, 4) is 5.75 Å². The zero-order chi connectivity index (χ0) is 23.1. The predicted molar refractivity (Wildman–Crippen MR) is 127 cm³/mol. The van der Waals surface area contributed by atoms with Crippen molar-refractivity contribution < 1.29 is 17.9 Å². The summed E-state index contributed by atoms with van der Waals surface area (Å²) in [5, 5.41) is 3.58. The first kappa shape index (κ1) is 23.9. The van der Waals surface area contributed by atoms with Crippen LogP contribution in [0.2, 0.25) is 10.0 Å². The minimum atomic E-state index is -4.00. The Bertz CT molecular complexity index is 1180. The lowest BCUT2D eigenvalue weighted by molar-refractivity contribution is -0.119. The summed E-state index contributed by atoms with van der Waals surface area (Å²) in [6, 6.07) is 19.8. The van der Waals surface area contributed by atoms with Crippen molar-refractivity contribution in [3.63, 3.8) is 0 Å². The molecule has 0 aliphatic carbocycles. The van der Waals surface area contributed by atoms with Crippen LogP contribution in [0.3, 0.4) is 0 Å². The minimum absolute atomic E-state index is 0.0417. The lowest BCUT2D eigenvalue weighted by atomic mass is 10.2. The van der Waals surface area contributed by atoms with Crippen LogP contribution in [0.5, 0.6) is 5.75 Å². The van der Waals surface area contributed by atoms with E-state index in [1.165, 1.54) is 24.3 Å². The van der Waals surface area contributed by atoms with Gasteiger partial charge in [0, 0.05) is 5.02 Å². The molecule has 0 aromatic heterocycles. The fourth-order valence-corrected chi connectivity index (χ4v) is 4.78. The Labute approximate surface area is 197 Å². The molecular formula is C23H22Cl2N2O4S. The molecule has 0 bridgehead atoms. The summed E-state index contributed by atoms with van der Waals surface area (Å²) in [6.45, 7) is 1.77. The van der Waals surface area contributed by atoms with E-state index in [9.17, 15) is 13.2 Å². The molecule has 6 nitrogen and oxygen atoms in total. The summed E-state index contributed by atoms with van der Waals surface area (Å²) >= 11 is 11.9. The number of amides is 1. The van der Waals surface area contributed by atoms with Gasteiger partial charge >= 0.3 is 0 Å². The summed E-state index contributed by atoms with van der Waals surface area (Å²) in [5.74, 6) is 0.0452. The van der Waals surface area contributed by atoms with Crippen molar-refractivity contribution in [2.75, 3.05) is 24.0 Å². The molecule has 0 unspecified atom stereocenters. The number of anilines is 1. The number of hydrogen-bond acceptors (Lipinski definition) is 4. The summed E-state index contributed by atoms with van der Waals surface area (Å²) in [6.07, 6.45) is 0. The highest BCUT2D eigenvalue weighted by atomic mass is 35.5. The molecule has 3 rings (SSSR count). The molecule has 0 atom stereocenters. The molecule has 0 aliphatic rings. The smallest absolute Gasteiger partial charge is 0.264 e. The zero-order valence-corrected chi connectivity index (χ0v) is 19.6. The van der Waals surface area contributed by atoms with E-state index in [1.54, 1.807) is 55.5 Å². The lowest BCUT2D eigenvalue weighted by Crippen LogP contribution is -2.42. The van der Waals surface area contributed by atoms with Crippen molar-refractivity contribution in [2.24, 2.45) is 0 Å². The van der Waals surface area contributed by atoms with Crippen LogP contribution in [-0.4, -0.2) is 34.0 Å². The molecule has 3 aromatic rings. The van der Waals surface area contributed by atoms with Crippen LogP contribution in [0.15, 0.2) is 77.7 Å². The van der Waals surface area contributed by atoms with E-state index >= 15 is 0 Å². The van der Waals surface area contributed by atoms with Gasteiger partial charge in [0.25, 0.3) is 10.0 Å². The van der Waals surface area contributed by atoms with E-state index < -0.39 is 15.9 Å². The Morgan fingerprint density at radius 2 is 1.62 bits per heavy atom. The number of ether oxygens (including phenoxy) is 1. The first-order valence-electron chi connectivity index (χ1n) is 9.77. The third-order valence-corrected chi connectivity index (χ3v) is 6.93. The number of halogens is 2. The number of rotatable bonds is 9. The first-order valence-corrected chi connectivity index (χ1v) is 12.0. The minimum Gasteiger partial charge on any atom is -0.490 e. The van der Waals surface area contributed by atoms with Crippen LogP contribution in [0.25, 0.3) is 0 Å². The SMILES string of the molecule is Cc1ccccc1N(CC(=O)NCCOc1ccccc1Cl)S(=O)(=O)c1ccc(Cl)cc1. The van der Waals surface area contributed by atoms with Gasteiger partial charge in [0.2, 0.25) is 5.91 Å². The number of aryl methyl sites for hydroxylation is 1. The quantitative estimate of drug-likeness (QED) is 0.439. The van der Waals surface area contributed by atoms with Gasteiger partial charge in [-0.1, -0.05) is 53.5 Å². The second-order valence-corrected chi connectivity index (χ2v) is 9.59. The van der Waals surface area contributed by atoms with Crippen LogP contribution in [0.1, 0.15) is 5.56 Å². The van der Waals surface area contributed by atoms with E-state index in [4.69, 9.17) is 27.9 Å². The fraction of sp³-hybridized carbons (Fsp3) is 0.174. The maximum atomic E-state index is 13.3. The summed E-state index contributed by atoms with van der Waals surface area (Å²) < 4.78 is 33.3. The Hall–Kier alpha value is -2.74. The second-order valence-electron chi connectivity index (χ2n) is 6.88. The summed E-state index contributed by atoms with van der Waals surface area (Å²) in [5.41, 5.74) is 1.14. The van der Waals surface area contributed by atoms with Crippen LogP contribution in [0, 0.1) is 6.92 Å². The number of sulfonamides is 1. The van der Waals surface area contributed by atoms with Crippen molar-refractivity contribution in [3.05, 3.63) is 88.4 Å². The number of nitrogens with one attached hydrogen (secondary N) is 1. The molecular weight excluding hydrogens is 471 g/mol. The van der Waals surface area contributed by atoms with Gasteiger partial charge in [-0.05, 0) is 55.0 Å². The molecule has 3 aromatic carbocycles. The van der Waals surface area contributed by atoms with Crippen molar-refractivity contribution in [1.82, 2.24) is 5.32 Å². The highest BCUT2D eigenvalue weighted by molar-refractivity contribution is 7.92. The Balaban J connectivity index is 1.73. The normalized spacial score (nSPS) is 11.1. The number of nitrogens with zero attached hydrogens (tertiary/aromatic N) is 1. The summed E-state index contributed by atoms with van der Waals surface area (Å²) in [4.78, 5) is 12.7.